The van der Waals surface area contributed by atoms with Gasteiger partial charge >= 0.3 is 0 Å². The monoisotopic (exact) mass is 444 g/mol. The maximum atomic E-state index is 13.8. The highest BCUT2D eigenvalue weighted by Gasteiger charge is 2.11. The van der Waals surface area contributed by atoms with E-state index in [2.05, 4.69) is 26.3 Å². The van der Waals surface area contributed by atoms with Crippen LogP contribution in [-0.2, 0) is 11.3 Å². The molecule has 1 amide bonds. The summed E-state index contributed by atoms with van der Waals surface area (Å²) in [6, 6.07) is 12.3. The summed E-state index contributed by atoms with van der Waals surface area (Å²) >= 11 is 3.31. The van der Waals surface area contributed by atoms with Crippen molar-refractivity contribution < 1.29 is 14.1 Å². The summed E-state index contributed by atoms with van der Waals surface area (Å²) in [5.41, 5.74) is 0.937. The first-order chi connectivity index (χ1) is 13.4. The van der Waals surface area contributed by atoms with Crippen molar-refractivity contribution in [1.29, 1.82) is 0 Å². The smallest absolute Gasteiger partial charge is 0.270 e. The number of nitrogens with one attached hydrogen (secondary N) is 1. The van der Waals surface area contributed by atoms with Gasteiger partial charge in [-0.15, -0.1) is 0 Å². The van der Waals surface area contributed by atoms with Gasteiger partial charge in [0.2, 0.25) is 5.91 Å². The van der Waals surface area contributed by atoms with Crippen LogP contribution in [-0.4, -0.2) is 20.6 Å². The van der Waals surface area contributed by atoms with Crippen molar-refractivity contribution in [1.82, 2.24) is 9.78 Å². The molecule has 0 atom stereocenters. The quantitative estimate of drug-likeness (QED) is 0.346. The summed E-state index contributed by atoms with van der Waals surface area (Å²) in [6.45, 7) is 0.213. The van der Waals surface area contributed by atoms with Crippen LogP contribution < -0.4 is 5.32 Å². The van der Waals surface area contributed by atoms with Crippen LogP contribution in [0.1, 0.15) is 11.1 Å². The summed E-state index contributed by atoms with van der Waals surface area (Å²) in [7, 11) is 0. The lowest BCUT2D eigenvalue weighted by molar-refractivity contribution is -0.384. The molecule has 0 aliphatic rings. The second-order valence-electron chi connectivity index (χ2n) is 5.79. The number of amides is 1. The fraction of sp³-hybridized carbons (Fsp3) is 0.0526. The topological polar surface area (TPSA) is 90.1 Å². The molecule has 0 spiro atoms. The van der Waals surface area contributed by atoms with Gasteiger partial charge in [-0.2, -0.15) is 5.10 Å². The summed E-state index contributed by atoms with van der Waals surface area (Å²) in [5, 5.41) is 17.6. The molecule has 3 rings (SSSR count). The Labute approximate surface area is 167 Å². The molecule has 1 aromatic heterocycles. The summed E-state index contributed by atoms with van der Waals surface area (Å²) in [5.74, 6) is -0.507. The zero-order chi connectivity index (χ0) is 20.1. The van der Waals surface area contributed by atoms with Crippen LogP contribution in [0.3, 0.4) is 0 Å². The van der Waals surface area contributed by atoms with Crippen LogP contribution in [0.15, 0.2) is 65.3 Å². The Morgan fingerprint density at radius 2 is 2.07 bits per heavy atom. The Hall–Kier alpha value is -3.33. The lowest BCUT2D eigenvalue weighted by atomic mass is 10.2. The maximum absolute atomic E-state index is 13.8. The standard InChI is InChI=1S/C19H14BrFN4O3/c20-16-12-24(11-14-5-1-2-7-17(14)21)23-19(16)22-18(26)9-8-13-4-3-6-15(10-13)25(27)28/h1-10,12H,11H2,(H,22,23,26)/b9-8+. The number of hydrogen-bond acceptors (Lipinski definition) is 4. The van der Waals surface area contributed by atoms with E-state index in [4.69, 9.17) is 0 Å². The van der Waals surface area contributed by atoms with Gasteiger partial charge in [-0.25, -0.2) is 4.39 Å². The Morgan fingerprint density at radius 3 is 2.82 bits per heavy atom. The van der Waals surface area contributed by atoms with Crippen LogP contribution in [0, 0.1) is 15.9 Å². The van der Waals surface area contributed by atoms with E-state index in [1.54, 1.807) is 30.5 Å². The molecule has 7 nitrogen and oxygen atoms in total. The molecule has 1 N–H and O–H groups in total. The molecule has 0 bridgehead atoms. The number of rotatable bonds is 6. The van der Waals surface area contributed by atoms with E-state index in [9.17, 15) is 19.3 Å². The molecule has 3 aromatic rings. The van der Waals surface area contributed by atoms with Crippen LogP contribution >= 0.6 is 15.9 Å². The minimum Gasteiger partial charge on any atom is -0.305 e. The number of benzene rings is 2. The number of non-ortho nitro benzene ring substituents is 1. The van der Waals surface area contributed by atoms with Gasteiger partial charge in [0.05, 0.1) is 15.9 Å². The second kappa shape index (κ2) is 8.57. The molecule has 0 saturated heterocycles. The number of hydrogen-bond donors (Lipinski definition) is 1. The number of carbonyl (C=O) groups is 1. The van der Waals surface area contributed by atoms with Crippen molar-refractivity contribution in [3.8, 4) is 0 Å². The van der Waals surface area contributed by atoms with E-state index >= 15 is 0 Å². The minimum atomic E-state index is -0.503. The molecule has 0 aliphatic heterocycles. The van der Waals surface area contributed by atoms with Gasteiger partial charge in [0.1, 0.15) is 5.82 Å². The number of nitro benzene ring substituents is 1. The first-order valence-corrected chi connectivity index (χ1v) is 8.91. The fourth-order valence-electron chi connectivity index (χ4n) is 2.44. The van der Waals surface area contributed by atoms with Crippen LogP contribution in [0.25, 0.3) is 6.08 Å². The first-order valence-electron chi connectivity index (χ1n) is 8.12. The third-order valence-corrected chi connectivity index (χ3v) is 4.34. The lowest BCUT2D eigenvalue weighted by Gasteiger charge is -2.03. The SMILES string of the molecule is O=C(/C=C/c1cccc([N+](=O)[O-])c1)Nc1nn(Cc2ccccc2F)cc1Br. The molecule has 0 fully saturated rings. The first kappa shape index (κ1) is 19.4. The van der Waals surface area contributed by atoms with Gasteiger partial charge in [-0.1, -0.05) is 30.3 Å². The highest BCUT2D eigenvalue weighted by atomic mass is 79.9. The molecule has 0 radical (unpaired) electrons. The molecule has 2 aromatic carbocycles. The van der Waals surface area contributed by atoms with Crippen molar-refractivity contribution in [3.05, 3.63) is 92.3 Å². The highest BCUT2D eigenvalue weighted by Crippen LogP contribution is 2.21. The molecule has 0 saturated carbocycles. The van der Waals surface area contributed by atoms with E-state index < -0.39 is 10.8 Å². The highest BCUT2D eigenvalue weighted by molar-refractivity contribution is 9.10. The molecule has 9 heteroatoms. The number of aromatic nitrogens is 2. The maximum Gasteiger partial charge on any atom is 0.270 e. The number of nitro groups is 1. The van der Waals surface area contributed by atoms with Crippen LogP contribution in [0.5, 0.6) is 0 Å². The van der Waals surface area contributed by atoms with Gasteiger partial charge in [0, 0.05) is 30.0 Å². The lowest BCUT2D eigenvalue weighted by Crippen LogP contribution is -2.10. The van der Waals surface area contributed by atoms with E-state index in [-0.39, 0.29) is 23.9 Å². The Morgan fingerprint density at radius 1 is 1.29 bits per heavy atom. The third kappa shape index (κ3) is 4.89. The second-order valence-corrected chi connectivity index (χ2v) is 6.64. The van der Waals surface area contributed by atoms with E-state index in [0.717, 1.165) is 0 Å². The van der Waals surface area contributed by atoms with E-state index in [1.807, 2.05) is 0 Å². The predicted molar refractivity (Wildman–Crippen MR) is 106 cm³/mol. The van der Waals surface area contributed by atoms with Gasteiger partial charge in [0.25, 0.3) is 5.69 Å². The number of carbonyl (C=O) groups excluding carboxylic acids is 1. The molecule has 142 valence electrons. The van der Waals surface area contributed by atoms with Crippen LogP contribution in [0.2, 0.25) is 0 Å². The molecule has 1 heterocycles. The minimum absolute atomic E-state index is 0.0582. The predicted octanol–water partition coefficient (Wildman–Crippen LogP) is 4.39. The van der Waals surface area contributed by atoms with Gasteiger partial charge in [-0.3, -0.25) is 19.6 Å². The Kier molecular flexibility index (Phi) is 5.95. The van der Waals surface area contributed by atoms with E-state index in [0.29, 0.717) is 15.6 Å². The summed E-state index contributed by atoms with van der Waals surface area (Å²) < 4.78 is 15.8. The van der Waals surface area contributed by atoms with E-state index in [1.165, 1.54) is 41.1 Å². The zero-order valence-corrected chi connectivity index (χ0v) is 16.0. The Bertz CT molecular complexity index is 1060. The molecule has 28 heavy (non-hydrogen) atoms. The van der Waals surface area contributed by atoms with Crippen molar-refractivity contribution in [3.63, 3.8) is 0 Å². The van der Waals surface area contributed by atoms with Gasteiger partial charge in [-0.05, 0) is 33.6 Å². The van der Waals surface area contributed by atoms with Crippen LogP contribution in [0.4, 0.5) is 15.9 Å². The zero-order valence-electron chi connectivity index (χ0n) is 14.4. The third-order valence-electron chi connectivity index (χ3n) is 3.76. The molecular weight excluding hydrogens is 431 g/mol. The largest absolute Gasteiger partial charge is 0.305 e. The molecule has 0 aliphatic carbocycles. The average Bonchev–Trinajstić information content (AvgIpc) is 3.01. The molecule has 0 unspecified atom stereocenters. The number of anilines is 1. The number of halogens is 2. The van der Waals surface area contributed by atoms with Crippen molar-refractivity contribution in [2.24, 2.45) is 0 Å². The van der Waals surface area contributed by atoms with Crippen molar-refractivity contribution >= 4 is 39.4 Å². The summed E-state index contributed by atoms with van der Waals surface area (Å²) in [4.78, 5) is 22.4. The van der Waals surface area contributed by atoms with Gasteiger partial charge in [0.15, 0.2) is 5.82 Å². The summed E-state index contributed by atoms with van der Waals surface area (Å²) in [6.07, 6.45) is 4.35. The fourth-order valence-corrected chi connectivity index (χ4v) is 2.85. The normalized spacial score (nSPS) is 10.9. The molecular formula is C19H14BrFN4O3. The Balaban J connectivity index is 1.67. The van der Waals surface area contributed by atoms with Crippen molar-refractivity contribution in [2.45, 2.75) is 6.54 Å². The van der Waals surface area contributed by atoms with Gasteiger partial charge < -0.3 is 5.32 Å². The van der Waals surface area contributed by atoms with Crippen molar-refractivity contribution in [2.75, 3.05) is 5.32 Å². The average molecular weight is 445 g/mol. The number of nitrogens with zero attached hydrogens (tertiary/aromatic N) is 3.